The third-order valence-corrected chi connectivity index (χ3v) is 7.90. The molecule has 1 aliphatic rings. The van der Waals surface area contributed by atoms with Crippen molar-refractivity contribution in [2.75, 3.05) is 32.3 Å². The summed E-state index contributed by atoms with van der Waals surface area (Å²) in [5.74, 6) is -1.20. The number of carboxylic acids is 2. The second-order valence-electron chi connectivity index (χ2n) is 8.88. The highest BCUT2D eigenvalue weighted by Crippen LogP contribution is 2.44. The van der Waals surface area contributed by atoms with Crippen LogP contribution in [-0.4, -0.2) is 54.1 Å². The molecule has 1 heterocycles. The summed E-state index contributed by atoms with van der Waals surface area (Å²) in [6.07, 6.45) is 1.26. The molecular weight excluding hydrogens is 387 g/mol. The van der Waals surface area contributed by atoms with Crippen LogP contribution in [0.4, 0.5) is 0 Å². The van der Waals surface area contributed by atoms with Gasteiger partial charge in [0.25, 0.3) is 0 Å². The molecule has 2 rings (SSSR count). The van der Waals surface area contributed by atoms with E-state index in [0.29, 0.717) is 37.0 Å². The average molecular weight is 420 g/mol. The number of carbonyl (C=O) groups is 2. The van der Waals surface area contributed by atoms with Gasteiger partial charge >= 0.3 is 0 Å². The summed E-state index contributed by atoms with van der Waals surface area (Å²) in [5, 5.41) is 23.7. The number of hydrogen-bond acceptors (Lipinski definition) is 6. The Balaban J connectivity index is 2.55. The fourth-order valence-electron chi connectivity index (χ4n) is 3.89. The first-order valence-corrected chi connectivity index (χ1v) is 12.0. The van der Waals surface area contributed by atoms with Gasteiger partial charge in [-0.25, -0.2) is 0 Å². The van der Waals surface area contributed by atoms with Gasteiger partial charge in [0.2, 0.25) is 0 Å². The molecule has 0 aromatic heterocycles. The minimum atomic E-state index is -1.14. The number of aliphatic carboxylic acids is 2. The number of rotatable bonds is 8. The summed E-state index contributed by atoms with van der Waals surface area (Å²) in [4.78, 5) is 26.0. The molecule has 162 valence electrons. The van der Waals surface area contributed by atoms with Crippen LogP contribution in [0.2, 0.25) is 0 Å². The van der Waals surface area contributed by atoms with Crippen LogP contribution in [0, 0.1) is 0 Å². The molecule has 1 aliphatic heterocycles. The number of benzene rings is 1. The third kappa shape index (κ3) is 6.24. The number of carbonyl (C=O) groups excluding carboxylic acids is 2. The van der Waals surface area contributed by atoms with E-state index in [-0.39, 0.29) is 13.1 Å². The zero-order chi connectivity index (χ0) is 21.9. The Labute approximate surface area is 175 Å². The van der Waals surface area contributed by atoms with Crippen molar-refractivity contribution in [3.05, 3.63) is 28.8 Å². The standard InChI is InChI=1S/C22H35N2O4P/c1-14(2)17-7-18(15(3)4)22(19(8-17)16(5)6)29-12-23(9-20(25)26)11-24(13-29)10-21(27)28/h7-8,14-16H,9-13H2,1-6H3,(H,25,26)(H,27,28)/p-2. The minimum absolute atomic E-state index is 0.194. The molecule has 0 amide bonds. The lowest BCUT2D eigenvalue weighted by Crippen LogP contribution is -2.51. The van der Waals surface area contributed by atoms with E-state index >= 15 is 0 Å². The van der Waals surface area contributed by atoms with Gasteiger partial charge in [-0.15, -0.1) is 0 Å². The van der Waals surface area contributed by atoms with Crippen molar-refractivity contribution in [2.45, 2.75) is 59.3 Å². The van der Waals surface area contributed by atoms with E-state index in [1.807, 2.05) is 0 Å². The fraction of sp³-hybridized carbons (Fsp3) is 0.636. The molecule has 6 nitrogen and oxygen atoms in total. The van der Waals surface area contributed by atoms with Gasteiger partial charge in [0.15, 0.2) is 0 Å². The van der Waals surface area contributed by atoms with E-state index in [4.69, 9.17) is 0 Å². The summed E-state index contributed by atoms with van der Waals surface area (Å²) in [6.45, 7) is 13.0. The predicted molar refractivity (Wildman–Crippen MR) is 113 cm³/mol. The Hall–Kier alpha value is -1.49. The molecule has 1 fully saturated rings. The van der Waals surface area contributed by atoms with Gasteiger partial charge in [-0.1, -0.05) is 53.7 Å². The van der Waals surface area contributed by atoms with Crippen molar-refractivity contribution in [3.63, 3.8) is 0 Å². The van der Waals surface area contributed by atoms with Crippen molar-refractivity contribution in [1.29, 1.82) is 0 Å². The monoisotopic (exact) mass is 420 g/mol. The topological polar surface area (TPSA) is 86.7 Å². The summed E-state index contributed by atoms with van der Waals surface area (Å²) >= 11 is 0. The van der Waals surface area contributed by atoms with Gasteiger partial charge in [0.1, 0.15) is 0 Å². The van der Waals surface area contributed by atoms with E-state index in [1.54, 1.807) is 9.80 Å². The molecule has 0 N–H and O–H groups in total. The zero-order valence-corrected chi connectivity index (χ0v) is 19.3. The smallest absolute Gasteiger partial charge is 0.0555 e. The molecule has 0 spiro atoms. The van der Waals surface area contributed by atoms with Gasteiger partial charge in [-0.2, -0.15) is 0 Å². The summed E-state index contributed by atoms with van der Waals surface area (Å²) < 4.78 is 0. The Morgan fingerprint density at radius 1 is 0.862 bits per heavy atom. The molecule has 29 heavy (non-hydrogen) atoms. The third-order valence-electron chi connectivity index (χ3n) is 5.26. The Bertz CT molecular complexity index is 695. The largest absolute Gasteiger partial charge is 0.549 e. The van der Waals surface area contributed by atoms with E-state index in [1.165, 1.54) is 22.0 Å². The lowest BCUT2D eigenvalue weighted by molar-refractivity contribution is -0.306. The molecule has 0 atom stereocenters. The summed E-state index contributed by atoms with van der Waals surface area (Å²) in [5.41, 5.74) is 3.91. The number of nitrogens with zero attached hydrogens (tertiary/aromatic N) is 2. The normalized spacial score (nSPS) is 16.9. The van der Waals surface area contributed by atoms with Crippen LogP contribution in [0.3, 0.4) is 0 Å². The van der Waals surface area contributed by atoms with Gasteiger partial charge in [-0.05, 0) is 47.7 Å². The molecule has 0 aliphatic carbocycles. The van der Waals surface area contributed by atoms with E-state index in [9.17, 15) is 19.8 Å². The molecule has 1 saturated heterocycles. The molecule has 1 aromatic rings. The highest BCUT2D eigenvalue weighted by molar-refractivity contribution is 7.65. The van der Waals surface area contributed by atoms with Crippen LogP contribution in [0.1, 0.15) is 76.0 Å². The molecule has 7 heteroatoms. The van der Waals surface area contributed by atoms with Crippen molar-refractivity contribution >= 4 is 25.2 Å². The molecular formula is C22H33N2O4P-2. The van der Waals surface area contributed by atoms with E-state index in [2.05, 4.69) is 53.7 Å². The summed E-state index contributed by atoms with van der Waals surface area (Å²) in [7, 11) is -0.775. The SMILES string of the molecule is CC(C)c1cc(C(C)C)c(P2CN(CC(=O)[O-])CN(CC(=O)[O-])C2)c(C(C)C)c1. The predicted octanol–water partition coefficient (Wildman–Crippen LogP) is 1.15. The second-order valence-corrected chi connectivity index (χ2v) is 11.0. The van der Waals surface area contributed by atoms with Gasteiger partial charge in [-0.3, -0.25) is 9.80 Å². The van der Waals surface area contributed by atoms with Crippen molar-refractivity contribution < 1.29 is 19.8 Å². The van der Waals surface area contributed by atoms with E-state index < -0.39 is 19.9 Å². The molecule has 0 bridgehead atoms. The van der Waals surface area contributed by atoms with Crippen LogP contribution >= 0.6 is 7.92 Å². The van der Waals surface area contributed by atoms with Crippen molar-refractivity contribution in [1.82, 2.24) is 9.80 Å². The maximum atomic E-state index is 11.2. The summed E-state index contributed by atoms with van der Waals surface area (Å²) in [6, 6.07) is 4.58. The Morgan fingerprint density at radius 3 is 1.59 bits per heavy atom. The molecule has 0 radical (unpaired) electrons. The van der Waals surface area contributed by atoms with E-state index in [0.717, 1.165) is 0 Å². The number of hydrogen-bond donors (Lipinski definition) is 0. The van der Waals surface area contributed by atoms with Crippen molar-refractivity contribution in [3.8, 4) is 0 Å². The van der Waals surface area contributed by atoms with Crippen LogP contribution in [0.25, 0.3) is 0 Å². The zero-order valence-electron chi connectivity index (χ0n) is 18.4. The van der Waals surface area contributed by atoms with Crippen molar-refractivity contribution in [2.24, 2.45) is 0 Å². The maximum Gasteiger partial charge on any atom is 0.0555 e. The highest BCUT2D eigenvalue weighted by Gasteiger charge is 2.31. The molecule has 0 saturated carbocycles. The van der Waals surface area contributed by atoms with Crippen LogP contribution in [0.5, 0.6) is 0 Å². The average Bonchev–Trinajstić information content (AvgIpc) is 2.58. The minimum Gasteiger partial charge on any atom is -0.549 e. The van der Waals surface area contributed by atoms with Gasteiger partial charge in [0, 0.05) is 25.7 Å². The Morgan fingerprint density at radius 2 is 1.28 bits per heavy atom. The fourth-order valence-corrected chi connectivity index (χ4v) is 6.98. The molecule has 0 unspecified atom stereocenters. The van der Waals surface area contributed by atoms with Crippen LogP contribution in [0.15, 0.2) is 12.1 Å². The maximum absolute atomic E-state index is 11.2. The van der Waals surface area contributed by atoms with Crippen LogP contribution < -0.4 is 15.5 Å². The lowest BCUT2D eigenvalue weighted by Gasteiger charge is -2.42. The first kappa shape index (κ1) is 23.8. The van der Waals surface area contributed by atoms with Gasteiger partial charge in [0.05, 0.1) is 18.6 Å². The first-order valence-electron chi connectivity index (χ1n) is 10.3. The van der Waals surface area contributed by atoms with Gasteiger partial charge < -0.3 is 19.8 Å². The first-order chi connectivity index (χ1) is 13.5. The Kier molecular flexibility index (Phi) is 8.21. The quantitative estimate of drug-likeness (QED) is 0.587. The highest BCUT2D eigenvalue weighted by atomic mass is 31.1. The number of carboxylic acid groups (broad SMARTS) is 2. The van der Waals surface area contributed by atoms with Crippen LogP contribution in [-0.2, 0) is 9.59 Å². The molecule has 1 aromatic carbocycles. The lowest BCUT2D eigenvalue weighted by atomic mass is 9.89. The second kappa shape index (κ2) is 10.0.